The molecule has 0 bridgehead atoms. The lowest BCUT2D eigenvalue weighted by atomic mass is 10.2. The van der Waals surface area contributed by atoms with Gasteiger partial charge in [-0.15, -0.1) is 0 Å². The van der Waals surface area contributed by atoms with Gasteiger partial charge in [-0.05, 0) is 50.1 Å². The zero-order valence-electron chi connectivity index (χ0n) is 16.2. The van der Waals surface area contributed by atoms with E-state index in [1.165, 1.54) is 31.2 Å². The smallest absolute Gasteiger partial charge is 0.262 e. The Bertz CT molecular complexity index is 1100. The summed E-state index contributed by atoms with van der Waals surface area (Å²) in [5, 5.41) is 4.12. The molecule has 0 spiro atoms. The van der Waals surface area contributed by atoms with Gasteiger partial charge in [0.05, 0.1) is 15.8 Å². The number of nitrogens with one attached hydrogen (secondary N) is 2. The first-order chi connectivity index (χ1) is 13.6. The van der Waals surface area contributed by atoms with Crippen LogP contribution in [-0.2, 0) is 19.4 Å². The monoisotopic (exact) mass is 420 g/mol. The summed E-state index contributed by atoms with van der Waals surface area (Å²) in [6.07, 6.45) is -0.300. The van der Waals surface area contributed by atoms with Crippen LogP contribution in [0.4, 0.5) is 15.8 Å². The van der Waals surface area contributed by atoms with Gasteiger partial charge in [-0.2, -0.15) is 0 Å². The van der Waals surface area contributed by atoms with Gasteiger partial charge in [-0.3, -0.25) is 9.59 Å². The molecule has 0 radical (unpaired) electrons. The molecular formula is C20H21FN2O5S. The number of carbonyl (C=O) groups is 2. The SMILES string of the molecule is Cc1ccc(NC(=O)C[C@H](C)S(=O)(=O)c2cc3c(cc2C)NC(=O)CO3)cc1F. The Labute approximate surface area is 168 Å². The summed E-state index contributed by atoms with van der Waals surface area (Å²) in [7, 11) is -3.85. The van der Waals surface area contributed by atoms with Crippen molar-refractivity contribution in [3.63, 3.8) is 0 Å². The maximum Gasteiger partial charge on any atom is 0.262 e. The van der Waals surface area contributed by atoms with Gasteiger partial charge >= 0.3 is 0 Å². The molecule has 0 saturated carbocycles. The molecule has 2 N–H and O–H groups in total. The van der Waals surface area contributed by atoms with E-state index >= 15 is 0 Å². The number of fused-ring (bicyclic) bond motifs is 1. The van der Waals surface area contributed by atoms with Crippen molar-refractivity contribution in [2.45, 2.75) is 37.3 Å². The number of hydrogen-bond donors (Lipinski definition) is 2. The molecule has 0 fully saturated rings. The van der Waals surface area contributed by atoms with Gasteiger partial charge in [0, 0.05) is 18.2 Å². The van der Waals surface area contributed by atoms with Crippen LogP contribution in [0.3, 0.4) is 0 Å². The molecule has 0 aliphatic carbocycles. The highest BCUT2D eigenvalue weighted by Gasteiger charge is 2.29. The van der Waals surface area contributed by atoms with Crippen molar-refractivity contribution in [1.82, 2.24) is 0 Å². The molecule has 2 aromatic rings. The summed E-state index contributed by atoms with van der Waals surface area (Å²) in [6.45, 7) is 4.45. The van der Waals surface area contributed by atoms with E-state index in [9.17, 15) is 22.4 Å². The third-order valence-electron chi connectivity index (χ3n) is 4.67. The maximum atomic E-state index is 13.6. The Balaban J connectivity index is 1.77. The Morgan fingerprint density at radius 1 is 1.24 bits per heavy atom. The fourth-order valence-electron chi connectivity index (χ4n) is 2.99. The highest BCUT2D eigenvalue weighted by atomic mass is 32.2. The van der Waals surface area contributed by atoms with E-state index < -0.39 is 26.8 Å². The van der Waals surface area contributed by atoms with Gasteiger partial charge in [0.1, 0.15) is 11.6 Å². The highest BCUT2D eigenvalue weighted by molar-refractivity contribution is 7.92. The quantitative estimate of drug-likeness (QED) is 0.774. The Morgan fingerprint density at radius 3 is 2.66 bits per heavy atom. The average Bonchev–Trinajstić information content (AvgIpc) is 2.63. The molecule has 29 heavy (non-hydrogen) atoms. The van der Waals surface area contributed by atoms with Crippen molar-refractivity contribution >= 4 is 33.0 Å². The van der Waals surface area contributed by atoms with Crippen LogP contribution in [0.25, 0.3) is 0 Å². The van der Waals surface area contributed by atoms with Crippen LogP contribution >= 0.6 is 0 Å². The van der Waals surface area contributed by atoms with Crippen molar-refractivity contribution < 1.29 is 27.1 Å². The van der Waals surface area contributed by atoms with Crippen molar-refractivity contribution in [2.75, 3.05) is 17.2 Å². The summed E-state index contributed by atoms with van der Waals surface area (Å²) in [6, 6.07) is 7.16. The molecule has 0 saturated heterocycles. The van der Waals surface area contributed by atoms with E-state index in [0.717, 1.165) is 0 Å². The van der Waals surface area contributed by atoms with E-state index in [-0.39, 0.29) is 35.3 Å². The number of benzene rings is 2. The van der Waals surface area contributed by atoms with Gasteiger partial charge in [0.25, 0.3) is 5.91 Å². The fraction of sp³-hybridized carbons (Fsp3) is 0.300. The number of rotatable bonds is 5. The minimum Gasteiger partial charge on any atom is -0.482 e. The highest BCUT2D eigenvalue weighted by Crippen LogP contribution is 2.34. The van der Waals surface area contributed by atoms with Crippen molar-refractivity contribution in [3.05, 3.63) is 47.3 Å². The Hall–Kier alpha value is -2.94. The molecule has 0 unspecified atom stereocenters. The van der Waals surface area contributed by atoms with Crippen LogP contribution in [0.2, 0.25) is 0 Å². The predicted molar refractivity (Wildman–Crippen MR) is 106 cm³/mol. The molecule has 2 amide bonds. The lowest BCUT2D eigenvalue weighted by Gasteiger charge is -2.21. The van der Waals surface area contributed by atoms with Crippen molar-refractivity contribution in [2.24, 2.45) is 0 Å². The average molecular weight is 420 g/mol. The molecule has 9 heteroatoms. The number of carbonyl (C=O) groups excluding carboxylic acids is 2. The van der Waals surface area contributed by atoms with Crippen molar-refractivity contribution in [3.8, 4) is 5.75 Å². The summed E-state index contributed by atoms with van der Waals surface area (Å²) >= 11 is 0. The number of hydrogen-bond acceptors (Lipinski definition) is 5. The Kier molecular flexibility index (Phi) is 5.61. The van der Waals surface area contributed by atoms with E-state index in [1.54, 1.807) is 19.9 Å². The van der Waals surface area contributed by atoms with Crippen LogP contribution in [0.15, 0.2) is 35.2 Å². The molecule has 1 heterocycles. The number of sulfone groups is 1. The molecule has 7 nitrogen and oxygen atoms in total. The van der Waals surface area contributed by atoms with Crippen LogP contribution in [0, 0.1) is 19.7 Å². The van der Waals surface area contributed by atoms with Gasteiger partial charge in [-0.25, -0.2) is 12.8 Å². The van der Waals surface area contributed by atoms with Crippen LogP contribution in [0.1, 0.15) is 24.5 Å². The topological polar surface area (TPSA) is 102 Å². The van der Waals surface area contributed by atoms with Crippen LogP contribution in [0.5, 0.6) is 5.75 Å². The molecule has 154 valence electrons. The standard InChI is InChI=1S/C20H21FN2O5S/c1-11-4-5-14(8-15(11)21)22-19(24)7-13(3)29(26,27)18-9-17-16(6-12(18)2)23-20(25)10-28-17/h4-6,8-9,13H,7,10H2,1-3H3,(H,22,24)(H,23,25)/t13-/m0/s1. The molecule has 1 aliphatic heterocycles. The maximum absolute atomic E-state index is 13.6. The minimum atomic E-state index is -3.85. The number of ether oxygens (including phenoxy) is 1. The van der Waals surface area contributed by atoms with Crippen LogP contribution in [-0.4, -0.2) is 32.1 Å². The first-order valence-corrected chi connectivity index (χ1v) is 10.5. The molecule has 1 atom stereocenters. The summed E-state index contributed by atoms with van der Waals surface area (Å²) in [5.74, 6) is -1.05. The molecule has 1 aliphatic rings. The van der Waals surface area contributed by atoms with Gasteiger partial charge < -0.3 is 15.4 Å². The second-order valence-electron chi connectivity index (χ2n) is 7.02. The first-order valence-electron chi connectivity index (χ1n) is 8.95. The third-order valence-corrected chi connectivity index (χ3v) is 6.95. The van der Waals surface area contributed by atoms with Crippen molar-refractivity contribution in [1.29, 1.82) is 0 Å². The number of aryl methyl sites for hydroxylation is 2. The summed E-state index contributed by atoms with van der Waals surface area (Å²) in [5.41, 5.74) is 1.55. The number of amides is 2. The fourth-order valence-corrected chi connectivity index (χ4v) is 4.58. The minimum absolute atomic E-state index is 0.0362. The van der Waals surface area contributed by atoms with Gasteiger partial charge in [0.2, 0.25) is 5.91 Å². The van der Waals surface area contributed by atoms with Gasteiger partial charge in [0.15, 0.2) is 16.4 Å². The number of halogens is 1. The largest absolute Gasteiger partial charge is 0.482 e. The Morgan fingerprint density at radius 2 is 1.97 bits per heavy atom. The van der Waals surface area contributed by atoms with E-state index in [2.05, 4.69) is 10.6 Å². The van der Waals surface area contributed by atoms with E-state index in [4.69, 9.17) is 4.74 Å². The second-order valence-corrected chi connectivity index (χ2v) is 9.36. The summed E-state index contributed by atoms with van der Waals surface area (Å²) < 4.78 is 44.9. The lowest BCUT2D eigenvalue weighted by Crippen LogP contribution is -2.27. The molecule has 2 aromatic carbocycles. The normalized spacial score (nSPS) is 14.4. The van der Waals surface area contributed by atoms with Gasteiger partial charge in [-0.1, -0.05) is 6.07 Å². The number of anilines is 2. The third kappa shape index (κ3) is 4.40. The van der Waals surface area contributed by atoms with E-state index in [0.29, 0.717) is 16.8 Å². The predicted octanol–water partition coefficient (Wildman–Crippen LogP) is 2.96. The second kappa shape index (κ2) is 7.82. The zero-order chi connectivity index (χ0) is 21.3. The molecule has 0 aromatic heterocycles. The van der Waals surface area contributed by atoms with E-state index in [1.807, 2.05) is 0 Å². The molecule has 3 rings (SSSR count). The van der Waals surface area contributed by atoms with Crippen LogP contribution < -0.4 is 15.4 Å². The molecular weight excluding hydrogens is 399 g/mol. The first kappa shape index (κ1) is 20.8. The lowest BCUT2D eigenvalue weighted by molar-refractivity contribution is -0.118. The zero-order valence-corrected chi connectivity index (χ0v) is 17.0. The summed E-state index contributed by atoms with van der Waals surface area (Å²) in [4.78, 5) is 23.7.